The highest BCUT2D eigenvalue weighted by atomic mass is 16.2. The molecule has 19 heavy (non-hydrogen) atoms. The second kappa shape index (κ2) is 4.87. The van der Waals surface area contributed by atoms with E-state index in [1.165, 1.54) is 0 Å². The van der Waals surface area contributed by atoms with Crippen LogP contribution in [0.15, 0.2) is 12.4 Å². The van der Waals surface area contributed by atoms with Gasteiger partial charge in [-0.3, -0.25) is 0 Å². The molecule has 1 heterocycles. The number of aromatic nitrogens is 2. The van der Waals surface area contributed by atoms with E-state index in [2.05, 4.69) is 36.1 Å². The number of aromatic amines is 1. The van der Waals surface area contributed by atoms with Crippen molar-refractivity contribution < 1.29 is 4.79 Å². The molecule has 0 spiro atoms. The summed E-state index contributed by atoms with van der Waals surface area (Å²) in [6, 6.07) is -0.0156. The zero-order chi connectivity index (χ0) is 14.1. The van der Waals surface area contributed by atoms with E-state index in [4.69, 9.17) is 0 Å². The third kappa shape index (κ3) is 3.98. The van der Waals surface area contributed by atoms with Crippen molar-refractivity contribution in [1.82, 2.24) is 20.2 Å². The number of hydrogen-bond donors (Lipinski definition) is 2. The van der Waals surface area contributed by atoms with E-state index in [1.807, 2.05) is 0 Å². The molecule has 0 aliphatic heterocycles. The van der Waals surface area contributed by atoms with E-state index in [0.717, 1.165) is 25.1 Å². The smallest absolute Gasteiger partial charge is 0.317 e. The molecule has 0 atom stereocenters. The number of hydrogen-bond acceptors (Lipinski definition) is 2. The molecule has 1 aliphatic rings. The predicted octanol–water partition coefficient (Wildman–Crippen LogP) is 2.52. The molecule has 2 amide bonds. The molecule has 5 heteroatoms. The molecule has 2 N–H and O–H groups in total. The third-order valence-corrected chi connectivity index (χ3v) is 3.38. The van der Waals surface area contributed by atoms with E-state index in [-0.39, 0.29) is 17.0 Å². The molecule has 1 aromatic heterocycles. The Morgan fingerprint density at radius 2 is 2.21 bits per heavy atom. The molecule has 5 nitrogen and oxygen atoms in total. The van der Waals surface area contributed by atoms with Gasteiger partial charge in [-0.1, -0.05) is 20.8 Å². The fourth-order valence-corrected chi connectivity index (χ4v) is 2.52. The number of carbonyl (C=O) groups is 1. The van der Waals surface area contributed by atoms with Crippen LogP contribution in [0.2, 0.25) is 0 Å². The minimum Gasteiger partial charge on any atom is -0.347 e. The van der Waals surface area contributed by atoms with Crippen LogP contribution in [0.4, 0.5) is 4.79 Å². The van der Waals surface area contributed by atoms with Gasteiger partial charge in [-0.15, -0.1) is 0 Å². The van der Waals surface area contributed by atoms with Crippen LogP contribution in [0, 0.1) is 5.41 Å². The Kier molecular flexibility index (Phi) is 3.56. The maximum Gasteiger partial charge on any atom is 0.317 e. The lowest BCUT2D eigenvalue weighted by Crippen LogP contribution is -2.45. The zero-order valence-corrected chi connectivity index (χ0v) is 12.3. The minimum absolute atomic E-state index is 0.0156. The molecule has 0 saturated heterocycles. The molecule has 2 rings (SSSR count). The number of urea groups is 1. The highest BCUT2D eigenvalue weighted by Gasteiger charge is 2.46. The number of nitrogens with one attached hydrogen (secondary N) is 2. The topological polar surface area (TPSA) is 61.0 Å². The SMILES string of the molecule is CN(Cc1ncc[nH]1)C(=O)NC1(CC(C)(C)C)CC1. The van der Waals surface area contributed by atoms with Crippen LogP contribution >= 0.6 is 0 Å². The van der Waals surface area contributed by atoms with Gasteiger partial charge >= 0.3 is 6.03 Å². The van der Waals surface area contributed by atoms with Crippen LogP contribution in [0.25, 0.3) is 0 Å². The molecule has 1 aromatic rings. The third-order valence-electron chi connectivity index (χ3n) is 3.38. The van der Waals surface area contributed by atoms with E-state index in [0.29, 0.717) is 6.54 Å². The molecular formula is C14H24N4O. The number of H-pyrrole nitrogens is 1. The summed E-state index contributed by atoms with van der Waals surface area (Å²) in [7, 11) is 1.80. The summed E-state index contributed by atoms with van der Waals surface area (Å²) < 4.78 is 0. The first-order valence-electron chi connectivity index (χ1n) is 6.81. The lowest BCUT2D eigenvalue weighted by atomic mass is 9.87. The Morgan fingerprint density at radius 3 is 2.68 bits per heavy atom. The highest BCUT2D eigenvalue weighted by Crippen LogP contribution is 2.44. The maximum absolute atomic E-state index is 12.2. The van der Waals surface area contributed by atoms with Gasteiger partial charge in [-0.25, -0.2) is 9.78 Å². The predicted molar refractivity (Wildman–Crippen MR) is 74.6 cm³/mol. The monoisotopic (exact) mass is 264 g/mol. The van der Waals surface area contributed by atoms with Gasteiger partial charge in [0.1, 0.15) is 5.82 Å². The van der Waals surface area contributed by atoms with Crippen molar-refractivity contribution in [3.63, 3.8) is 0 Å². The number of rotatable bonds is 4. The Bertz CT molecular complexity index is 429. The first-order valence-corrected chi connectivity index (χ1v) is 6.81. The normalized spacial score (nSPS) is 17.1. The number of amides is 2. The van der Waals surface area contributed by atoms with Crippen LogP contribution in [0.5, 0.6) is 0 Å². The van der Waals surface area contributed by atoms with E-state index in [9.17, 15) is 4.79 Å². The molecule has 0 bridgehead atoms. The van der Waals surface area contributed by atoms with Crippen LogP contribution in [-0.2, 0) is 6.54 Å². The molecule has 1 aliphatic carbocycles. The van der Waals surface area contributed by atoms with Crippen molar-refractivity contribution in [2.45, 2.75) is 52.1 Å². The summed E-state index contributed by atoms with van der Waals surface area (Å²) in [6.45, 7) is 7.15. The van der Waals surface area contributed by atoms with Crippen LogP contribution in [0.3, 0.4) is 0 Å². The molecular weight excluding hydrogens is 240 g/mol. The molecule has 0 unspecified atom stereocenters. The van der Waals surface area contributed by atoms with Crippen LogP contribution in [-0.4, -0.2) is 33.5 Å². The van der Waals surface area contributed by atoms with Gasteiger partial charge in [0.2, 0.25) is 0 Å². The standard InChI is InChI=1S/C14H24N4O/c1-13(2,3)10-14(5-6-14)17-12(19)18(4)9-11-15-7-8-16-11/h7-8H,5-6,9-10H2,1-4H3,(H,15,16)(H,17,19). The Labute approximate surface area is 114 Å². The summed E-state index contributed by atoms with van der Waals surface area (Å²) in [5.41, 5.74) is 0.260. The van der Waals surface area contributed by atoms with Gasteiger partial charge in [0, 0.05) is 25.0 Å². The fraction of sp³-hybridized carbons (Fsp3) is 0.714. The van der Waals surface area contributed by atoms with E-state index in [1.54, 1.807) is 24.3 Å². The van der Waals surface area contributed by atoms with Gasteiger partial charge in [0.25, 0.3) is 0 Å². The van der Waals surface area contributed by atoms with Crippen LogP contribution in [0.1, 0.15) is 45.9 Å². The Balaban J connectivity index is 1.87. The average molecular weight is 264 g/mol. The van der Waals surface area contributed by atoms with Gasteiger partial charge in [-0.05, 0) is 24.7 Å². The largest absolute Gasteiger partial charge is 0.347 e. The van der Waals surface area contributed by atoms with Gasteiger partial charge in [-0.2, -0.15) is 0 Å². The molecule has 0 radical (unpaired) electrons. The Hall–Kier alpha value is -1.52. The van der Waals surface area contributed by atoms with Crippen molar-refractivity contribution in [2.24, 2.45) is 5.41 Å². The first-order chi connectivity index (χ1) is 8.80. The van der Waals surface area contributed by atoms with Crippen molar-refractivity contribution in [2.75, 3.05) is 7.05 Å². The summed E-state index contributed by atoms with van der Waals surface area (Å²) in [6.07, 6.45) is 6.67. The lowest BCUT2D eigenvalue weighted by Gasteiger charge is -2.28. The molecule has 0 aromatic carbocycles. The number of carbonyl (C=O) groups excluding carboxylic acids is 1. The Morgan fingerprint density at radius 1 is 1.53 bits per heavy atom. The summed E-state index contributed by atoms with van der Waals surface area (Å²) in [5.74, 6) is 0.804. The highest BCUT2D eigenvalue weighted by molar-refractivity contribution is 5.75. The average Bonchev–Trinajstić information content (AvgIpc) is 2.81. The molecule has 1 fully saturated rings. The van der Waals surface area contributed by atoms with Crippen molar-refractivity contribution in [3.8, 4) is 0 Å². The van der Waals surface area contributed by atoms with E-state index < -0.39 is 0 Å². The van der Waals surface area contributed by atoms with Gasteiger partial charge in [0.05, 0.1) is 6.54 Å². The second-order valence-electron chi connectivity index (χ2n) is 6.84. The molecule has 106 valence electrons. The van der Waals surface area contributed by atoms with Crippen molar-refractivity contribution in [3.05, 3.63) is 18.2 Å². The van der Waals surface area contributed by atoms with Gasteiger partial charge < -0.3 is 15.2 Å². The fourth-order valence-electron chi connectivity index (χ4n) is 2.52. The van der Waals surface area contributed by atoms with Crippen molar-refractivity contribution in [1.29, 1.82) is 0 Å². The van der Waals surface area contributed by atoms with E-state index >= 15 is 0 Å². The zero-order valence-electron chi connectivity index (χ0n) is 12.3. The first kappa shape index (κ1) is 13.9. The number of imidazole rings is 1. The van der Waals surface area contributed by atoms with Gasteiger partial charge in [0.15, 0.2) is 0 Å². The summed E-state index contributed by atoms with van der Waals surface area (Å²) >= 11 is 0. The summed E-state index contributed by atoms with van der Waals surface area (Å²) in [4.78, 5) is 21.0. The quantitative estimate of drug-likeness (QED) is 0.877. The number of nitrogens with zero attached hydrogens (tertiary/aromatic N) is 2. The lowest BCUT2D eigenvalue weighted by molar-refractivity contribution is 0.193. The van der Waals surface area contributed by atoms with Crippen molar-refractivity contribution >= 4 is 6.03 Å². The second-order valence-corrected chi connectivity index (χ2v) is 6.84. The maximum atomic E-state index is 12.2. The summed E-state index contributed by atoms with van der Waals surface area (Å²) in [5, 5.41) is 3.18. The van der Waals surface area contributed by atoms with Crippen LogP contribution < -0.4 is 5.32 Å². The minimum atomic E-state index is -0.0156. The molecule has 1 saturated carbocycles.